The molecule has 1 amide bonds. The van der Waals surface area contributed by atoms with E-state index in [9.17, 15) is 4.79 Å². The number of rotatable bonds is 5. The molecule has 0 fully saturated rings. The van der Waals surface area contributed by atoms with Gasteiger partial charge in [-0.2, -0.15) is 10.1 Å². The molecule has 0 aliphatic carbocycles. The number of carbonyl (C=O) groups excluding carboxylic acids is 1. The van der Waals surface area contributed by atoms with Gasteiger partial charge >= 0.3 is 0 Å². The van der Waals surface area contributed by atoms with Crippen molar-refractivity contribution in [1.82, 2.24) is 0 Å². The maximum absolute atomic E-state index is 13.4. The molecule has 0 N–H and O–H groups in total. The first-order valence-electron chi connectivity index (χ1n) is 9.39. The Balaban J connectivity index is 1.87. The molecule has 4 rings (SSSR count). The Kier molecular flexibility index (Phi) is 6.08. The summed E-state index contributed by atoms with van der Waals surface area (Å²) in [6.07, 6.45) is 7.01. The largest absolute Gasteiger partial charge is 0.479 e. The number of carbonyl (C=O) groups is 1. The average molecular weight is 447 g/mol. The molecule has 0 unspecified atom stereocenters. The first kappa shape index (κ1) is 20.7. The Hall–Kier alpha value is -3.52. The zero-order valence-electron chi connectivity index (χ0n) is 16.3. The summed E-state index contributed by atoms with van der Waals surface area (Å²) >= 11 is 12.6. The molecule has 0 radical (unpaired) electrons. The Morgan fingerprint density at radius 2 is 1.71 bits per heavy atom. The first-order valence-corrected chi connectivity index (χ1v) is 10.1. The smallest absolute Gasteiger partial charge is 0.281 e. The fraction of sp³-hybridized carbons (Fsp3) is 0.0400. The maximum atomic E-state index is 13.4. The topological polar surface area (TPSA) is 41.9 Å². The molecule has 0 atom stereocenters. The van der Waals surface area contributed by atoms with Crippen LogP contribution in [0, 0.1) is 12.3 Å². The number of terminal acetylenes is 1. The van der Waals surface area contributed by atoms with Crippen LogP contribution in [0.1, 0.15) is 11.1 Å². The molecular weight excluding hydrogens is 431 g/mol. The number of anilines is 1. The second kappa shape index (κ2) is 9.09. The second-order valence-electron chi connectivity index (χ2n) is 6.62. The van der Waals surface area contributed by atoms with Crippen molar-refractivity contribution in [3.63, 3.8) is 0 Å². The number of ether oxygens (including phenoxy) is 1. The van der Waals surface area contributed by atoms with Gasteiger partial charge in [0.15, 0.2) is 0 Å². The van der Waals surface area contributed by atoms with Crippen LogP contribution in [-0.2, 0) is 4.79 Å². The Morgan fingerprint density at radius 3 is 2.39 bits per heavy atom. The van der Waals surface area contributed by atoms with Crippen molar-refractivity contribution in [1.29, 1.82) is 0 Å². The standard InChI is InChI=1S/C25H16Cl2N2O2/c1-2-13-31-24-18(14-19(26)16-22(24)27)15-21-23(17-9-5-3-6-10-17)28-29(25(21)30)20-11-7-4-8-12-20/h1,3-12,14-16H,13H2/b21-15-. The minimum Gasteiger partial charge on any atom is -0.479 e. The molecule has 3 aromatic rings. The molecule has 0 saturated heterocycles. The summed E-state index contributed by atoms with van der Waals surface area (Å²) < 4.78 is 5.63. The molecule has 4 nitrogen and oxygen atoms in total. The van der Waals surface area contributed by atoms with E-state index < -0.39 is 0 Å². The normalized spacial score (nSPS) is 14.5. The minimum absolute atomic E-state index is 0.0290. The van der Waals surface area contributed by atoms with Gasteiger partial charge in [-0.25, -0.2) is 0 Å². The number of hydrogen-bond donors (Lipinski definition) is 0. The Bertz CT molecular complexity index is 1230. The van der Waals surface area contributed by atoms with E-state index in [0.717, 1.165) is 5.56 Å². The van der Waals surface area contributed by atoms with E-state index in [2.05, 4.69) is 11.0 Å². The van der Waals surface area contributed by atoms with Crippen molar-refractivity contribution >= 4 is 46.6 Å². The third kappa shape index (κ3) is 4.34. The lowest BCUT2D eigenvalue weighted by molar-refractivity contribution is -0.114. The summed E-state index contributed by atoms with van der Waals surface area (Å²) in [5, 5.41) is 6.71. The number of amides is 1. The highest BCUT2D eigenvalue weighted by molar-refractivity contribution is 6.38. The molecule has 3 aromatic carbocycles. The fourth-order valence-corrected chi connectivity index (χ4v) is 3.77. The van der Waals surface area contributed by atoms with Gasteiger partial charge in [0, 0.05) is 16.1 Å². The zero-order valence-corrected chi connectivity index (χ0v) is 17.8. The number of halogens is 2. The second-order valence-corrected chi connectivity index (χ2v) is 7.47. The van der Waals surface area contributed by atoms with E-state index in [4.69, 9.17) is 34.4 Å². The van der Waals surface area contributed by atoms with E-state index in [-0.39, 0.29) is 12.5 Å². The molecule has 0 spiro atoms. The molecule has 0 bridgehead atoms. The van der Waals surface area contributed by atoms with Gasteiger partial charge in [-0.05, 0) is 30.3 Å². The lowest BCUT2D eigenvalue weighted by atomic mass is 10.00. The number of nitrogens with zero attached hydrogens (tertiary/aromatic N) is 2. The van der Waals surface area contributed by atoms with Crippen LogP contribution in [0.25, 0.3) is 6.08 Å². The number of benzene rings is 3. The minimum atomic E-state index is -0.274. The summed E-state index contributed by atoms with van der Waals surface area (Å²) in [5.74, 6) is 2.50. The van der Waals surface area contributed by atoms with Crippen molar-refractivity contribution in [3.05, 3.63) is 99.5 Å². The molecule has 1 aliphatic heterocycles. The maximum Gasteiger partial charge on any atom is 0.281 e. The predicted octanol–water partition coefficient (Wildman–Crippen LogP) is 5.84. The summed E-state index contributed by atoms with van der Waals surface area (Å²) in [4.78, 5) is 13.4. The van der Waals surface area contributed by atoms with Crippen LogP contribution in [0.2, 0.25) is 10.0 Å². The average Bonchev–Trinajstić information content (AvgIpc) is 3.10. The van der Waals surface area contributed by atoms with Crippen molar-refractivity contribution in [2.45, 2.75) is 0 Å². The predicted molar refractivity (Wildman–Crippen MR) is 126 cm³/mol. The van der Waals surface area contributed by atoms with Crippen LogP contribution >= 0.6 is 23.2 Å². The molecule has 0 saturated carbocycles. The molecule has 1 aliphatic rings. The van der Waals surface area contributed by atoms with Crippen LogP contribution in [0.5, 0.6) is 5.75 Å². The van der Waals surface area contributed by atoms with Gasteiger partial charge in [0.05, 0.1) is 16.3 Å². The van der Waals surface area contributed by atoms with Crippen LogP contribution in [0.4, 0.5) is 5.69 Å². The Labute approximate surface area is 190 Å². The quantitative estimate of drug-likeness (QED) is 0.364. The third-order valence-electron chi connectivity index (χ3n) is 4.56. The van der Waals surface area contributed by atoms with Crippen LogP contribution in [0.15, 0.2) is 83.5 Å². The van der Waals surface area contributed by atoms with Crippen LogP contribution in [-0.4, -0.2) is 18.2 Å². The number of hydrogen-bond acceptors (Lipinski definition) is 3. The number of hydrazone groups is 1. The molecule has 0 aromatic heterocycles. The highest BCUT2D eigenvalue weighted by Gasteiger charge is 2.32. The lowest BCUT2D eigenvalue weighted by Crippen LogP contribution is -2.21. The van der Waals surface area contributed by atoms with Gasteiger partial charge < -0.3 is 4.74 Å². The first-order chi connectivity index (χ1) is 15.1. The monoisotopic (exact) mass is 446 g/mol. The van der Waals surface area contributed by atoms with Crippen LogP contribution < -0.4 is 9.75 Å². The molecule has 152 valence electrons. The van der Waals surface area contributed by atoms with Crippen LogP contribution in [0.3, 0.4) is 0 Å². The Morgan fingerprint density at radius 1 is 1.03 bits per heavy atom. The van der Waals surface area contributed by atoms with Gasteiger partial charge in [0.1, 0.15) is 18.1 Å². The van der Waals surface area contributed by atoms with E-state index in [1.165, 1.54) is 5.01 Å². The summed E-state index contributed by atoms with van der Waals surface area (Å²) in [5.41, 5.74) is 2.93. The summed E-state index contributed by atoms with van der Waals surface area (Å²) in [6, 6.07) is 22.0. The van der Waals surface area contributed by atoms with Crippen molar-refractivity contribution in [2.24, 2.45) is 5.10 Å². The van der Waals surface area contributed by atoms with Crippen molar-refractivity contribution < 1.29 is 9.53 Å². The number of para-hydroxylation sites is 1. The highest BCUT2D eigenvalue weighted by Crippen LogP contribution is 2.36. The van der Waals surface area contributed by atoms with E-state index >= 15 is 0 Å². The third-order valence-corrected chi connectivity index (χ3v) is 5.06. The summed E-state index contributed by atoms with van der Waals surface area (Å²) in [7, 11) is 0. The van der Waals surface area contributed by atoms with E-state index in [0.29, 0.717) is 38.3 Å². The fourth-order valence-electron chi connectivity index (χ4n) is 3.21. The van der Waals surface area contributed by atoms with Crippen molar-refractivity contribution in [2.75, 3.05) is 11.6 Å². The lowest BCUT2D eigenvalue weighted by Gasteiger charge is -2.12. The molecule has 1 heterocycles. The van der Waals surface area contributed by atoms with Gasteiger partial charge in [-0.3, -0.25) is 4.79 Å². The van der Waals surface area contributed by atoms with Gasteiger partial charge in [0.2, 0.25) is 0 Å². The van der Waals surface area contributed by atoms with Gasteiger partial charge in [-0.1, -0.05) is 77.7 Å². The molecular formula is C25H16Cl2N2O2. The molecule has 6 heteroatoms. The van der Waals surface area contributed by atoms with E-state index in [1.54, 1.807) is 18.2 Å². The SMILES string of the molecule is C#CCOc1c(Cl)cc(Cl)cc1/C=C1\C(=O)N(c2ccccc2)N=C1c1ccccc1. The van der Waals surface area contributed by atoms with E-state index in [1.807, 2.05) is 60.7 Å². The zero-order chi connectivity index (χ0) is 21.8. The van der Waals surface area contributed by atoms with Gasteiger partial charge in [-0.15, -0.1) is 6.42 Å². The molecule has 31 heavy (non-hydrogen) atoms. The highest BCUT2D eigenvalue weighted by atomic mass is 35.5. The van der Waals surface area contributed by atoms with Gasteiger partial charge in [0.25, 0.3) is 5.91 Å². The summed E-state index contributed by atoms with van der Waals surface area (Å²) in [6.45, 7) is 0.0290. The van der Waals surface area contributed by atoms with Crippen molar-refractivity contribution in [3.8, 4) is 18.1 Å².